The highest BCUT2D eigenvalue weighted by Gasteiger charge is 2.19. The van der Waals surface area contributed by atoms with Crippen LogP contribution in [0.1, 0.15) is 11.3 Å². The van der Waals surface area contributed by atoms with Gasteiger partial charge >= 0.3 is 0 Å². The van der Waals surface area contributed by atoms with Crippen molar-refractivity contribution < 1.29 is 13.5 Å². The molecule has 0 amide bonds. The van der Waals surface area contributed by atoms with Crippen LogP contribution in [0.3, 0.4) is 0 Å². The Labute approximate surface area is 141 Å². The number of fused-ring (bicyclic) bond motifs is 3. The van der Waals surface area contributed by atoms with Crippen LogP contribution in [0.25, 0.3) is 28.1 Å². The molecule has 0 aliphatic rings. The number of aryl methyl sites for hydroxylation is 2. The number of imidazole rings is 1. The van der Waals surface area contributed by atoms with Crippen LogP contribution in [0, 0.1) is 25.5 Å². The van der Waals surface area contributed by atoms with Crippen molar-refractivity contribution in [2.75, 3.05) is 7.11 Å². The van der Waals surface area contributed by atoms with Crippen molar-refractivity contribution in [2.45, 2.75) is 13.8 Å². The molecule has 4 aromatic rings. The molecule has 2 aromatic heterocycles. The highest BCUT2D eigenvalue weighted by molar-refractivity contribution is 5.85. The minimum absolute atomic E-state index is 0.276. The molecule has 0 spiro atoms. The molecule has 2 heterocycles. The molecule has 0 atom stereocenters. The second kappa shape index (κ2) is 5.47. The zero-order chi connectivity index (χ0) is 17.7. The molecule has 126 valence electrons. The van der Waals surface area contributed by atoms with Gasteiger partial charge in [0.2, 0.25) is 0 Å². The van der Waals surface area contributed by atoms with Crippen LogP contribution in [-0.4, -0.2) is 26.7 Å². The Balaban J connectivity index is 2.19. The Morgan fingerprint density at radius 3 is 2.56 bits per heavy atom. The molecule has 0 saturated heterocycles. The van der Waals surface area contributed by atoms with Gasteiger partial charge in [0.1, 0.15) is 17.5 Å². The molecule has 0 aliphatic carbocycles. The fraction of sp³-hybridized carbons (Fsp3) is 0.167. The van der Waals surface area contributed by atoms with Crippen LogP contribution < -0.4 is 4.74 Å². The molecule has 2 aromatic carbocycles. The Bertz CT molecular complexity index is 1140. The van der Waals surface area contributed by atoms with E-state index in [-0.39, 0.29) is 11.6 Å². The summed E-state index contributed by atoms with van der Waals surface area (Å²) in [6.45, 7) is 3.65. The number of benzene rings is 2. The van der Waals surface area contributed by atoms with Crippen molar-refractivity contribution in [3.8, 4) is 17.1 Å². The van der Waals surface area contributed by atoms with Gasteiger partial charge in [-0.15, -0.1) is 10.2 Å². The summed E-state index contributed by atoms with van der Waals surface area (Å²) in [4.78, 5) is 4.53. The summed E-state index contributed by atoms with van der Waals surface area (Å²) in [6.07, 6.45) is 0. The molecule has 0 N–H and O–H groups in total. The largest absolute Gasteiger partial charge is 0.494 e. The Kier molecular flexibility index (Phi) is 3.38. The van der Waals surface area contributed by atoms with Gasteiger partial charge in [-0.25, -0.2) is 13.8 Å². The highest BCUT2D eigenvalue weighted by atomic mass is 19.1. The van der Waals surface area contributed by atoms with Crippen molar-refractivity contribution in [1.82, 2.24) is 19.6 Å². The van der Waals surface area contributed by atoms with Crippen LogP contribution in [0.15, 0.2) is 30.3 Å². The molecular formula is C18H14F2N4O. The molecule has 0 saturated carbocycles. The van der Waals surface area contributed by atoms with E-state index in [1.165, 1.54) is 31.4 Å². The molecule has 0 unspecified atom stereocenters. The van der Waals surface area contributed by atoms with E-state index in [2.05, 4.69) is 15.2 Å². The van der Waals surface area contributed by atoms with Gasteiger partial charge < -0.3 is 4.74 Å². The first-order valence-electron chi connectivity index (χ1n) is 7.65. The maximum atomic E-state index is 14.1. The van der Waals surface area contributed by atoms with E-state index in [4.69, 9.17) is 4.74 Å². The van der Waals surface area contributed by atoms with E-state index in [1.807, 2.05) is 6.92 Å². The van der Waals surface area contributed by atoms with Crippen molar-refractivity contribution >= 4 is 16.7 Å². The number of hydrogen-bond donors (Lipinski definition) is 0. The summed E-state index contributed by atoms with van der Waals surface area (Å²) in [5.41, 5.74) is 3.43. The van der Waals surface area contributed by atoms with E-state index >= 15 is 0 Å². The van der Waals surface area contributed by atoms with Crippen LogP contribution in [0.4, 0.5) is 8.78 Å². The minimum atomic E-state index is -0.466. The summed E-state index contributed by atoms with van der Waals surface area (Å²) < 4.78 is 34.8. The lowest BCUT2D eigenvalue weighted by molar-refractivity contribution is 0.415. The first-order chi connectivity index (χ1) is 12.0. The second-order valence-corrected chi connectivity index (χ2v) is 5.81. The van der Waals surface area contributed by atoms with Gasteiger partial charge in [0.05, 0.1) is 18.3 Å². The first kappa shape index (κ1) is 15.4. The normalized spacial score (nSPS) is 11.4. The van der Waals surface area contributed by atoms with Gasteiger partial charge in [-0.2, -0.15) is 0 Å². The summed E-state index contributed by atoms with van der Waals surface area (Å²) in [7, 11) is 1.44. The summed E-state index contributed by atoms with van der Waals surface area (Å²) in [5, 5.41) is 8.35. The quantitative estimate of drug-likeness (QED) is 0.556. The fourth-order valence-electron chi connectivity index (χ4n) is 2.97. The van der Waals surface area contributed by atoms with Gasteiger partial charge in [-0.3, -0.25) is 4.40 Å². The number of nitrogens with zero attached hydrogens (tertiary/aromatic N) is 4. The summed E-state index contributed by atoms with van der Waals surface area (Å²) in [6, 6.07) is 7.08. The van der Waals surface area contributed by atoms with Crippen molar-refractivity contribution in [2.24, 2.45) is 0 Å². The van der Waals surface area contributed by atoms with E-state index in [0.717, 1.165) is 5.56 Å². The van der Waals surface area contributed by atoms with Crippen LogP contribution >= 0.6 is 0 Å². The van der Waals surface area contributed by atoms with E-state index < -0.39 is 5.82 Å². The maximum absolute atomic E-state index is 14.1. The molecule has 0 aliphatic heterocycles. The zero-order valence-corrected chi connectivity index (χ0v) is 13.8. The number of halogens is 2. The molecule has 0 radical (unpaired) electrons. The third kappa shape index (κ3) is 2.31. The van der Waals surface area contributed by atoms with E-state index in [1.54, 1.807) is 17.4 Å². The fourth-order valence-corrected chi connectivity index (χ4v) is 2.97. The van der Waals surface area contributed by atoms with Crippen molar-refractivity contribution in [3.63, 3.8) is 0 Å². The lowest BCUT2D eigenvalue weighted by atomic mass is 10.1. The molecule has 7 heteroatoms. The third-order valence-corrected chi connectivity index (χ3v) is 4.19. The maximum Gasteiger partial charge on any atom is 0.183 e. The molecule has 5 nitrogen and oxygen atoms in total. The number of methoxy groups -OCH3 is 1. The van der Waals surface area contributed by atoms with E-state index in [0.29, 0.717) is 33.8 Å². The first-order valence-corrected chi connectivity index (χ1v) is 7.65. The van der Waals surface area contributed by atoms with Crippen molar-refractivity contribution in [3.05, 3.63) is 53.2 Å². The molecule has 0 fully saturated rings. The molecule has 0 bridgehead atoms. The van der Waals surface area contributed by atoms with Crippen LogP contribution in [-0.2, 0) is 0 Å². The average molecular weight is 340 g/mol. The average Bonchev–Trinajstić information content (AvgIpc) is 2.93. The van der Waals surface area contributed by atoms with Gasteiger partial charge in [0.15, 0.2) is 16.9 Å². The zero-order valence-electron chi connectivity index (χ0n) is 13.8. The monoisotopic (exact) mass is 340 g/mol. The van der Waals surface area contributed by atoms with Gasteiger partial charge in [-0.05, 0) is 31.5 Å². The SMILES string of the molecule is COc1cc(F)cc2c1nnc1c(C)nc(-c3cc(F)ccc3C)n12. The van der Waals surface area contributed by atoms with Gasteiger partial charge in [0, 0.05) is 17.7 Å². The lowest BCUT2D eigenvalue weighted by Crippen LogP contribution is -2.01. The summed E-state index contributed by atoms with van der Waals surface area (Å²) >= 11 is 0. The minimum Gasteiger partial charge on any atom is -0.494 e. The third-order valence-electron chi connectivity index (χ3n) is 4.19. The number of hydrogen-bond acceptors (Lipinski definition) is 4. The molecule has 4 rings (SSSR count). The molecule has 25 heavy (non-hydrogen) atoms. The standard InChI is InChI=1S/C18H14F2N4O/c1-9-4-5-11(19)6-13(9)18-21-10(2)17-23-22-16-14(24(17)18)7-12(20)8-15(16)25-3/h4-8H,1-3H3. The second-order valence-electron chi connectivity index (χ2n) is 5.81. The van der Waals surface area contributed by atoms with E-state index in [9.17, 15) is 8.78 Å². The Hall–Kier alpha value is -3.09. The van der Waals surface area contributed by atoms with Gasteiger partial charge in [0.25, 0.3) is 0 Å². The summed E-state index contributed by atoms with van der Waals surface area (Å²) in [5.74, 6) is -0.0771. The Morgan fingerprint density at radius 1 is 1.00 bits per heavy atom. The van der Waals surface area contributed by atoms with Crippen LogP contribution in [0.2, 0.25) is 0 Å². The van der Waals surface area contributed by atoms with Crippen molar-refractivity contribution in [1.29, 1.82) is 0 Å². The number of rotatable bonds is 2. The lowest BCUT2D eigenvalue weighted by Gasteiger charge is -2.09. The smallest absolute Gasteiger partial charge is 0.183 e. The topological polar surface area (TPSA) is 52.3 Å². The number of aromatic nitrogens is 4. The van der Waals surface area contributed by atoms with Gasteiger partial charge in [-0.1, -0.05) is 6.07 Å². The van der Waals surface area contributed by atoms with Crippen LogP contribution in [0.5, 0.6) is 5.75 Å². The highest BCUT2D eigenvalue weighted by Crippen LogP contribution is 2.31. The molecular weight excluding hydrogens is 326 g/mol. The predicted octanol–water partition coefficient (Wildman–Crippen LogP) is 3.85. The Morgan fingerprint density at radius 2 is 1.80 bits per heavy atom. The predicted molar refractivity (Wildman–Crippen MR) is 89.7 cm³/mol. The number of ether oxygens (including phenoxy) is 1.